The van der Waals surface area contributed by atoms with Crippen LogP contribution in [0.4, 0.5) is 30.7 Å². The quantitative estimate of drug-likeness (QED) is 0.209. The predicted molar refractivity (Wildman–Crippen MR) is 141 cm³/mol. The van der Waals surface area contributed by atoms with E-state index in [1.54, 1.807) is 30.3 Å². The third-order valence-electron chi connectivity index (χ3n) is 6.73. The van der Waals surface area contributed by atoms with E-state index in [9.17, 15) is 35.5 Å². The number of hydrogen-bond acceptors (Lipinski definition) is 3. The van der Waals surface area contributed by atoms with Crippen LogP contribution in [0.5, 0.6) is 0 Å². The van der Waals surface area contributed by atoms with E-state index in [0.717, 1.165) is 18.3 Å². The average molecular weight is 611 g/mol. The number of methoxy groups -OCH3 is 1. The van der Waals surface area contributed by atoms with Crippen molar-refractivity contribution in [3.63, 3.8) is 0 Å². The number of nitrogens with one attached hydrogen (secondary N) is 1. The first-order chi connectivity index (χ1) is 19.7. The molecule has 4 aromatic rings. The molecule has 0 bridgehead atoms. The van der Waals surface area contributed by atoms with Crippen LogP contribution in [0.25, 0.3) is 0 Å². The van der Waals surface area contributed by atoms with Crippen molar-refractivity contribution in [1.82, 2.24) is 10.3 Å². The Morgan fingerprint density at radius 2 is 1.43 bits per heavy atom. The topological polar surface area (TPSA) is 51.2 Å². The Kier molecular flexibility index (Phi) is 8.65. The van der Waals surface area contributed by atoms with Crippen molar-refractivity contribution in [2.75, 3.05) is 7.11 Å². The molecule has 1 aromatic heterocycles. The second-order valence-corrected chi connectivity index (χ2v) is 9.80. The molecule has 1 amide bonds. The monoisotopic (exact) mass is 610 g/mol. The van der Waals surface area contributed by atoms with Gasteiger partial charge in [0.25, 0.3) is 11.5 Å². The highest BCUT2D eigenvalue weighted by Gasteiger charge is 2.64. The molecule has 0 spiro atoms. The Morgan fingerprint density at radius 1 is 0.833 bits per heavy atom. The maximum atomic E-state index is 14.8. The predicted octanol–water partition coefficient (Wildman–Crippen LogP) is 7.60. The lowest BCUT2D eigenvalue weighted by molar-refractivity contribution is -0.266. The van der Waals surface area contributed by atoms with E-state index in [-0.39, 0.29) is 16.8 Å². The first-order valence-electron chi connectivity index (χ1n) is 12.3. The summed E-state index contributed by atoms with van der Waals surface area (Å²) in [7, 11) is 0.684. The first-order valence-corrected chi connectivity index (χ1v) is 12.6. The number of halogens is 8. The summed E-state index contributed by atoms with van der Waals surface area (Å²) < 4.78 is 106. The van der Waals surface area contributed by atoms with Gasteiger partial charge in [-0.05, 0) is 41.5 Å². The molecule has 0 aliphatic heterocycles. The SMILES string of the molecule is CO[C@](C(=O)N[C@@](Cc1ccccc1)(c1cc(F)cc(C(F)(F)F)c1)c1ccc(Cl)cn1)(c1ccccc1)C(F)(F)F. The van der Waals surface area contributed by atoms with Gasteiger partial charge in [0.1, 0.15) is 11.4 Å². The molecule has 0 aliphatic carbocycles. The molecule has 42 heavy (non-hydrogen) atoms. The normalized spacial score (nSPS) is 15.0. The number of ether oxygens (including phenoxy) is 1. The van der Waals surface area contributed by atoms with Crippen LogP contribution in [0.2, 0.25) is 5.02 Å². The molecule has 0 radical (unpaired) electrons. The Hall–Kier alpha value is -3.96. The zero-order chi connectivity index (χ0) is 30.8. The van der Waals surface area contributed by atoms with Crippen molar-refractivity contribution in [2.45, 2.75) is 29.9 Å². The van der Waals surface area contributed by atoms with E-state index < -0.39 is 58.3 Å². The van der Waals surface area contributed by atoms with Gasteiger partial charge in [-0.1, -0.05) is 72.3 Å². The van der Waals surface area contributed by atoms with Crippen molar-refractivity contribution in [3.8, 4) is 0 Å². The largest absolute Gasteiger partial charge is 0.430 e. The Labute approximate surface area is 241 Å². The fraction of sp³-hybridized carbons (Fsp3) is 0.200. The molecule has 3 aromatic carbocycles. The summed E-state index contributed by atoms with van der Waals surface area (Å²) in [4.78, 5) is 18.2. The van der Waals surface area contributed by atoms with E-state index in [1.807, 2.05) is 0 Å². The number of alkyl halides is 6. The smallest absolute Gasteiger partial charge is 0.356 e. The van der Waals surface area contributed by atoms with Gasteiger partial charge in [0.05, 0.1) is 16.3 Å². The van der Waals surface area contributed by atoms with Gasteiger partial charge in [-0.25, -0.2) is 4.39 Å². The van der Waals surface area contributed by atoms with Crippen molar-refractivity contribution in [1.29, 1.82) is 0 Å². The lowest BCUT2D eigenvalue weighted by atomic mass is 9.78. The number of hydrogen-bond donors (Lipinski definition) is 1. The van der Waals surface area contributed by atoms with Crippen LogP contribution in [0, 0.1) is 5.82 Å². The van der Waals surface area contributed by atoms with Gasteiger partial charge in [0, 0.05) is 25.3 Å². The van der Waals surface area contributed by atoms with Crippen molar-refractivity contribution < 1.29 is 40.3 Å². The fourth-order valence-electron chi connectivity index (χ4n) is 4.76. The van der Waals surface area contributed by atoms with Crippen molar-refractivity contribution >= 4 is 17.5 Å². The van der Waals surface area contributed by atoms with Crippen LogP contribution < -0.4 is 5.32 Å². The molecule has 0 aliphatic rings. The molecule has 0 saturated heterocycles. The molecule has 4 nitrogen and oxygen atoms in total. The number of carbonyl (C=O) groups excluding carboxylic acids is 1. The van der Waals surface area contributed by atoms with Gasteiger partial charge in [0.15, 0.2) is 0 Å². The highest BCUT2D eigenvalue weighted by molar-refractivity contribution is 6.30. The molecule has 12 heteroatoms. The molecule has 220 valence electrons. The van der Waals surface area contributed by atoms with Gasteiger partial charge in [0.2, 0.25) is 0 Å². The Bertz CT molecular complexity index is 1530. The maximum absolute atomic E-state index is 14.8. The number of benzene rings is 3. The molecule has 4 rings (SSSR count). The first kappa shape index (κ1) is 31.0. The summed E-state index contributed by atoms with van der Waals surface area (Å²) >= 11 is 5.99. The number of nitrogens with zero attached hydrogens (tertiary/aromatic N) is 1. The van der Waals surface area contributed by atoms with Crippen LogP contribution in [0.3, 0.4) is 0 Å². The minimum atomic E-state index is -5.35. The average Bonchev–Trinajstić information content (AvgIpc) is 2.93. The lowest BCUT2D eigenvalue weighted by Crippen LogP contribution is -2.61. The maximum Gasteiger partial charge on any atom is 0.430 e. The minimum Gasteiger partial charge on any atom is -0.356 e. The summed E-state index contributed by atoms with van der Waals surface area (Å²) in [6.07, 6.45) is -9.70. The van der Waals surface area contributed by atoms with Crippen LogP contribution in [-0.2, 0) is 33.3 Å². The molecule has 0 unspecified atom stereocenters. The number of rotatable bonds is 8. The Balaban J connectivity index is 2.06. The second-order valence-electron chi connectivity index (χ2n) is 9.36. The number of aromatic nitrogens is 1. The molecule has 1 N–H and O–H groups in total. The number of pyridine rings is 1. The molecule has 1 heterocycles. The second kappa shape index (κ2) is 11.7. The third-order valence-corrected chi connectivity index (χ3v) is 6.95. The summed E-state index contributed by atoms with van der Waals surface area (Å²) in [6, 6.07) is 18.0. The lowest BCUT2D eigenvalue weighted by Gasteiger charge is -2.40. The molecular formula is C30H22ClF7N2O2. The standard InChI is InChI=1S/C30H22ClF7N2O2/c1-42-28(30(36,37)38,20-10-6-3-7-11-20)26(41)40-27(17-19-8-4-2-5-9-19,25-13-12-23(31)18-39-25)21-14-22(29(33,34)35)16-24(32)15-21/h2-16,18H,17H2,1H3,(H,40,41)/t27-,28-/m0/s1. The fourth-order valence-corrected chi connectivity index (χ4v) is 4.87. The van der Waals surface area contributed by atoms with Gasteiger partial charge < -0.3 is 10.1 Å². The van der Waals surface area contributed by atoms with Gasteiger partial charge >= 0.3 is 12.4 Å². The van der Waals surface area contributed by atoms with Gasteiger partial charge in [-0.3, -0.25) is 9.78 Å². The van der Waals surface area contributed by atoms with Crippen LogP contribution in [0.1, 0.15) is 27.9 Å². The third kappa shape index (κ3) is 5.98. The zero-order valence-corrected chi connectivity index (χ0v) is 22.5. The van der Waals surface area contributed by atoms with Crippen LogP contribution >= 0.6 is 11.6 Å². The number of carbonyl (C=O) groups is 1. The van der Waals surface area contributed by atoms with Crippen LogP contribution in [-0.4, -0.2) is 24.2 Å². The summed E-state index contributed by atoms with van der Waals surface area (Å²) in [5, 5.41) is 2.41. The van der Waals surface area contributed by atoms with Crippen LogP contribution in [0.15, 0.2) is 97.2 Å². The molecular weight excluding hydrogens is 589 g/mol. The highest BCUT2D eigenvalue weighted by Crippen LogP contribution is 2.44. The molecule has 0 saturated carbocycles. The van der Waals surface area contributed by atoms with E-state index in [1.165, 1.54) is 30.3 Å². The Morgan fingerprint density at radius 3 is 1.95 bits per heavy atom. The summed E-state index contributed by atoms with van der Waals surface area (Å²) in [6.45, 7) is 0. The highest BCUT2D eigenvalue weighted by atomic mass is 35.5. The van der Waals surface area contributed by atoms with E-state index in [0.29, 0.717) is 24.8 Å². The van der Waals surface area contributed by atoms with E-state index in [4.69, 9.17) is 16.3 Å². The van der Waals surface area contributed by atoms with Gasteiger partial charge in [-0.2, -0.15) is 26.3 Å². The van der Waals surface area contributed by atoms with Crippen molar-refractivity contribution in [3.05, 3.63) is 136 Å². The van der Waals surface area contributed by atoms with E-state index in [2.05, 4.69) is 10.3 Å². The number of amides is 1. The van der Waals surface area contributed by atoms with E-state index >= 15 is 0 Å². The van der Waals surface area contributed by atoms with Gasteiger partial charge in [-0.15, -0.1) is 0 Å². The van der Waals surface area contributed by atoms with Crippen molar-refractivity contribution in [2.24, 2.45) is 0 Å². The molecule has 0 fully saturated rings. The zero-order valence-electron chi connectivity index (χ0n) is 21.7. The summed E-state index contributed by atoms with van der Waals surface area (Å²) in [5.41, 5.74) is -8.25. The summed E-state index contributed by atoms with van der Waals surface area (Å²) in [5.74, 6) is -3.11. The minimum absolute atomic E-state index is 0.0970. The molecule has 2 atom stereocenters.